The minimum Gasteiger partial charge on any atom is -0.385 e. The molecule has 1 aromatic carbocycles. The van der Waals surface area contributed by atoms with Gasteiger partial charge < -0.3 is 10.1 Å². The zero-order valence-electron chi connectivity index (χ0n) is 12.6. The maximum atomic E-state index is 12.3. The topological polar surface area (TPSA) is 67.4 Å². The predicted octanol–water partition coefficient (Wildman–Crippen LogP) is 2.26. The molecule has 0 aliphatic rings. The van der Waals surface area contributed by atoms with E-state index in [1.807, 2.05) is 19.9 Å². The normalized spacial score (nSPS) is 12.0. The maximum absolute atomic E-state index is 12.3. The number of methoxy groups -OCH3 is 1. The van der Waals surface area contributed by atoms with E-state index in [0.717, 1.165) is 5.56 Å². The van der Waals surface area contributed by atoms with Gasteiger partial charge in [0, 0.05) is 37.3 Å². The molecule has 120 valence electrons. The van der Waals surface area contributed by atoms with Crippen molar-refractivity contribution < 1.29 is 13.2 Å². The van der Waals surface area contributed by atoms with Crippen molar-refractivity contribution >= 4 is 26.0 Å². The molecule has 0 radical (unpaired) electrons. The summed E-state index contributed by atoms with van der Waals surface area (Å²) in [5.41, 5.74) is 0.934. The van der Waals surface area contributed by atoms with E-state index in [1.165, 1.54) is 0 Å². The van der Waals surface area contributed by atoms with Crippen molar-refractivity contribution in [2.24, 2.45) is 0 Å². The quantitative estimate of drug-likeness (QED) is 0.646. The molecule has 5 nitrogen and oxygen atoms in total. The monoisotopic (exact) mass is 378 g/mol. The highest BCUT2D eigenvalue weighted by molar-refractivity contribution is 9.10. The molecule has 0 fully saturated rings. The zero-order chi connectivity index (χ0) is 15.9. The summed E-state index contributed by atoms with van der Waals surface area (Å²) in [6, 6.07) is 5.71. The van der Waals surface area contributed by atoms with Gasteiger partial charge in [-0.2, -0.15) is 0 Å². The van der Waals surface area contributed by atoms with Crippen LogP contribution in [0.5, 0.6) is 0 Å². The maximum Gasteiger partial charge on any atom is 0.241 e. The largest absolute Gasteiger partial charge is 0.385 e. The van der Waals surface area contributed by atoms with Crippen LogP contribution in [0.15, 0.2) is 27.6 Å². The summed E-state index contributed by atoms with van der Waals surface area (Å²) in [6.07, 6.45) is 0.641. The molecule has 0 saturated heterocycles. The highest BCUT2D eigenvalue weighted by Gasteiger charge is 2.17. The fraction of sp³-hybridized carbons (Fsp3) is 0.571. The van der Waals surface area contributed by atoms with Gasteiger partial charge in [-0.1, -0.05) is 19.9 Å². The predicted molar refractivity (Wildman–Crippen MR) is 87.8 cm³/mol. The summed E-state index contributed by atoms with van der Waals surface area (Å²) in [5, 5.41) is 3.27. The molecule has 1 rings (SSSR count). The first kappa shape index (κ1) is 18.6. The molecule has 0 unspecified atom stereocenters. The minimum absolute atomic E-state index is 0.267. The van der Waals surface area contributed by atoms with Crippen molar-refractivity contribution in [1.29, 1.82) is 0 Å². The van der Waals surface area contributed by atoms with E-state index in [4.69, 9.17) is 4.74 Å². The Kier molecular flexibility index (Phi) is 7.83. The number of sulfonamides is 1. The molecule has 0 bridgehead atoms. The van der Waals surface area contributed by atoms with E-state index < -0.39 is 10.0 Å². The van der Waals surface area contributed by atoms with Crippen LogP contribution < -0.4 is 10.0 Å². The van der Waals surface area contributed by atoms with Gasteiger partial charge in [-0.15, -0.1) is 0 Å². The lowest BCUT2D eigenvalue weighted by Gasteiger charge is -2.12. The zero-order valence-corrected chi connectivity index (χ0v) is 15.1. The van der Waals surface area contributed by atoms with Crippen LogP contribution in [0, 0.1) is 0 Å². The van der Waals surface area contributed by atoms with Crippen LogP contribution in [0.2, 0.25) is 0 Å². The Morgan fingerprint density at radius 3 is 2.67 bits per heavy atom. The van der Waals surface area contributed by atoms with E-state index in [9.17, 15) is 8.42 Å². The summed E-state index contributed by atoms with van der Waals surface area (Å²) in [7, 11) is -1.92. The Balaban J connectivity index is 2.81. The standard InChI is InChI=1S/C14H23BrN2O3S/c1-11(2)16-10-12-5-6-13(15)14(9-12)21(18,19)17-7-4-8-20-3/h5-6,9,11,16-17H,4,7-8,10H2,1-3H3. The van der Waals surface area contributed by atoms with E-state index in [-0.39, 0.29) is 4.90 Å². The second kappa shape index (κ2) is 8.85. The van der Waals surface area contributed by atoms with Gasteiger partial charge in [0.2, 0.25) is 10.0 Å². The van der Waals surface area contributed by atoms with E-state index in [0.29, 0.717) is 36.6 Å². The molecule has 0 heterocycles. The van der Waals surface area contributed by atoms with E-state index in [2.05, 4.69) is 26.0 Å². The van der Waals surface area contributed by atoms with Gasteiger partial charge in [-0.3, -0.25) is 0 Å². The molecular formula is C14H23BrN2O3S. The third-order valence-corrected chi connectivity index (χ3v) is 5.27. The fourth-order valence-electron chi connectivity index (χ4n) is 1.69. The number of hydrogen-bond donors (Lipinski definition) is 2. The molecule has 1 aromatic rings. The molecule has 7 heteroatoms. The van der Waals surface area contributed by atoms with Crippen LogP contribution in [0.25, 0.3) is 0 Å². The first-order valence-corrected chi connectivity index (χ1v) is 9.15. The number of ether oxygens (including phenoxy) is 1. The summed E-state index contributed by atoms with van der Waals surface area (Å²) in [4.78, 5) is 0.267. The summed E-state index contributed by atoms with van der Waals surface area (Å²) in [5.74, 6) is 0. The van der Waals surface area contributed by atoms with Crippen molar-refractivity contribution in [2.75, 3.05) is 20.3 Å². The fourth-order valence-corrected chi connectivity index (χ4v) is 3.77. The lowest BCUT2D eigenvalue weighted by Crippen LogP contribution is -2.26. The second-order valence-corrected chi connectivity index (χ2v) is 7.63. The SMILES string of the molecule is COCCCNS(=O)(=O)c1cc(CNC(C)C)ccc1Br. The van der Waals surface area contributed by atoms with Gasteiger partial charge in [0.05, 0.1) is 4.90 Å². The molecule has 2 N–H and O–H groups in total. The highest BCUT2D eigenvalue weighted by atomic mass is 79.9. The Labute approximate surface area is 135 Å². The molecular weight excluding hydrogens is 356 g/mol. The average Bonchev–Trinajstić information content (AvgIpc) is 2.42. The van der Waals surface area contributed by atoms with Crippen LogP contribution >= 0.6 is 15.9 Å². The molecule has 0 saturated carbocycles. The molecule has 0 aliphatic carbocycles. The Bertz CT molecular complexity index is 547. The van der Waals surface area contributed by atoms with Gasteiger partial charge in [0.1, 0.15) is 0 Å². The van der Waals surface area contributed by atoms with Crippen molar-refractivity contribution in [2.45, 2.75) is 37.8 Å². The lowest BCUT2D eigenvalue weighted by atomic mass is 10.2. The number of nitrogens with one attached hydrogen (secondary N) is 2. The third kappa shape index (κ3) is 6.44. The van der Waals surface area contributed by atoms with Gasteiger partial charge in [0.15, 0.2) is 0 Å². The molecule has 0 aliphatic heterocycles. The smallest absolute Gasteiger partial charge is 0.241 e. The second-order valence-electron chi connectivity index (χ2n) is 5.04. The Morgan fingerprint density at radius 2 is 2.05 bits per heavy atom. The number of benzene rings is 1. The summed E-state index contributed by atoms with van der Waals surface area (Å²) in [6.45, 7) is 5.62. The van der Waals surface area contributed by atoms with Gasteiger partial charge in [-0.05, 0) is 40.0 Å². The minimum atomic E-state index is -3.51. The van der Waals surface area contributed by atoms with Crippen molar-refractivity contribution in [1.82, 2.24) is 10.0 Å². The average molecular weight is 379 g/mol. The summed E-state index contributed by atoms with van der Waals surface area (Å²) < 4.78 is 32.7. The van der Waals surface area contributed by atoms with Crippen molar-refractivity contribution in [3.05, 3.63) is 28.2 Å². The van der Waals surface area contributed by atoms with Gasteiger partial charge in [-0.25, -0.2) is 13.1 Å². The molecule has 0 atom stereocenters. The first-order chi connectivity index (χ1) is 9.86. The third-order valence-electron chi connectivity index (χ3n) is 2.82. The number of halogens is 1. The Hall–Kier alpha value is -0.470. The number of hydrogen-bond acceptors (Lipinski definition) is 4. The van der Waals surface area contributed by atoms with Crippen LogP contribution in [-0.2, 0) is 21.3 Å². The van der Waals surface area contributed by atoms with Crippen LogP contribution in [-0.4, -0.2) is 34.7 Å². The molecule has 0 aromatic heterocycles. The van der Waals surface area contributed by atoms with Crippen molar-refractivity contribution in [3.63, 3.8) is 0 Å². The first-order valence-electron chi connectivity index (χ1n) is 6.87. The lowest BCUT2D eigenvalue weighted by molar-refractivity contribution is 0.196. The van der Waals surface area contributed by atoms with Crippen LogP contribution in [0.3, 0.4) is 0 Å². The molecule has 0 spiro atoms. The molecule has 21 heavy (non-hydrogen) atoms. The number of rotatable bonds is 9. The van der Waals surface area contributed by atoms with E-state index in [1.54, 1.807) is 19.2 Å². The van der Waals surface area contributed by atoms with Gasteiger partial charge >= 0.3 is 0 Å². The van der Waals surface area contributed by atoms with E-state index >= 15 is 0 Å². The van der Waals surface area contributed by atoms with Crippen LogP contribution in [0.1, 0.15) is 25.8 Å². The van der Waals surface area contributed by atoms with Crippen molar-refractivity contribution in [3.8, 4) is 0 Å². The molecule has 0 amide bonds. The van der Waals surface area contributed by atoms with Crippen LogP contribution in [0.4, 0.5) is 0 Å². The summed E-state index contributed by atoms with van der Waals surface area (Å²) >= 11 is 3.30. The van der Waals surface area contributed by atoms with Gasteiger partial charge in [0.25, 0.3) is 0 Å². The Morgan fingerprint density at radius 1 is 1.33 bits per heavy atom. The highest BCUT2D eigenvalue weighted by Crippen LogP contribution is 2.23.